The zero-order chi connectivity index (χ0) is 10.1. The lowest BCUT2D eigenvalue weighted by atomic mass is 10.4. The number of amides is 1. The lowest BCUT2D eigenvalue weighted by Crippen LogP contribution is -2.24. The van der Waals surface area contributed by atoms with Crippen LogP contribution in [-0.4, -0.2) is 31.1 Å². The smallest absolute Gasteiger partial charge is 0.219 e. The van der Waals surface area contributed by atoms with Crippen LogP contribution in [0.25, 0.3) is 0 Å². The van der Waals surface area contributed by atoms with Crippen molar-refractivity contribution in [2.75, 3.05) is 18.9 Å². The van der Waals surface area contributed by atoms with Crippen molar-refractivity contribution >= 4 is 20.0 Å². The molecule has 0 rings (SSSR count). The number of aldehydes is 1. The topological polar surface area (TPSA) is 63.2 Å². The van der Waals surface area contributed by atoms with Gasteiger partial charge in [0.25, 0.3) is 0 Å². The van der Waals surface area contributed by atoms with Crippen molar-refractivity contribution < 1.29 is 14.2 Å². The fraction of sp³-hybridized carbons (Fsp3) is 0.750. The van der Waals surface area contributed by atoms with E-state index in [2.05, 4.69) is 5.32 Å². The Bertz CT molecular complexity index is 194. The zero-order valence-corrected chi connectivity index (χ0v) is 8.84. The SMILES string of the molecule is CCC(=O)NCC[PH](=O)CCC=O. The maximum atomic E-state index is 11.1. The first-order valence-corrected chi connectivity index (χ1v) is 6.25. The van der Waals surface area contributed by atoms with Crippen LogP contribution >= 0.6 is 7.80 Å². The first kappa shape index (κ1) is 12.4. The average Bonchev–Trinajstić information content (AvgIpc) is 2.14. The van der Waals surface area contributed by atoms with E-state index in [4.69, 9.17) is 0 Å². The van der Waals surface area contributed by atoms with Gasteiger partial charge in [-0.1, -0.05) is 6.92 Å². The highest BCUT2D eigenvalue weighted by atomic mass is 31.1. The van der Waals surface area contributed by atoms with Gasteiger partial charge in [-0.2, -0.15) is 0 Å². The van der Waals surface area contributed by atoms with Gasteiger partial charge in [-0.05, 0) is 0 Å². The molecule has 0 aliphatic carbocycles. The van der Waals surface area contributed by atoms with Crippen molar-refractivity contribution in [3.05, 3.63) is 0 Å². The van der Waals surface area contributed by atoms with Gasteiger partial charge in [0.2, 0.25) is 5.91 Å². The second-order valence-corrected chi connectivity index (χ2v) is 4.77. The normalized spacial score (nSPS) is 12.1. The summed E-state index contributed by atoms with van der Waals surface area (Å²) in [4.78, 5) is 20.7. The molecule has 0 aliphatic heterocycles. The molecule has 4 nitrogen and oxygen atoms in total. The summed E-state index contributed by atoms with van der Waals surface area (Å²) in [5.41, 5.74) is 0. The van der Waals surface area contributed by atoms with Crippen LogP contribution in [0.2, 0.25) is 0 Å². The van der Waals surface area contributed by atoms with E-state index in [1.807, 2.05) is 0 Å². The van der Waals surface area contributed by atoms with Crippen LogP contribution in [-0.2, 0) is 14.2 Å². The van der Waals surface area contributed by atoms with E-state index < -0.39 is 7.80 Å². The zero-order valence-electron chi connectivity index (χ0n) is 7.84. The third-order valence-corrected chi connectivity index (χ3v) is 3.24. The van der Waals surface area contributed by atoms with Crippen molar-refractivity contribution in [3.63, 3.8) is 0 Å². The van der Waals surface area contributed by atoms with Crippen molar-refractivity contribution in [3.8, 4) is 0 Å². The summed E-state index contributed by atoms with van der Waals surface area (Å²) in [7, 11) is -1.65. The van der Waals surface area contributed by atoms with E-state index in [1.165, 1.54) is 0 Å². The first-order valence-electron chi connectivity index (χ1n) is 4.42. The van der Waals surface area contributed by atoms with Gasteiger partial charge in [-0.25, -0.2) is 0 Å². The van der Waals surface area contributed by atoms with Gasteiger partial charge in [-0.15, -0.1) is 0 Å². The molecule has 1 N–H and O–H groups in total. The Hall–Kier alpha value is -0.630. The minimum Gasteiger partial charge on any atom is -0.356 e. The number of hydrogen-bond acceptors (Lipinski definition) is 3. The Labute approximate surface area is 78.9 Å². The fourth-order valence-electron chi connectivity index (χ4n) is 0.811. The van der Waals surface area contributed by atoms with Crippen LogP contribution in [0, 0.1) is 0 Å². The molecule has 0 saturated heterocycles. The Morgan fingerprint density at radius 1 is 1.46 bits per heavy atom. The van der Waals surface area contributed by atoms with Gasteiger partial charge in [-0.3, -0.25) is 4.79 Å². The molecule has 1 amide bonds. The molecule has 0 radical (unpaired) electrons. The minimum atomic E-state index is -1.65. The summed E-state index contributed by atoms with van der Waals surface area (Å²) in [5.74, 6) is -0.0230. The number of rotatable bonds is 7. The monoisotopic (exact) mass is 205 g/mol. The summed E-state index contributed by atoms with van der Waals surface area (Å²) < 4.78 is 11.1. The summed E-state index contributed by atoms with van der Waals surface area (Å²) in [6.45, 7) is 2.23. The molecule has 13 heavy (non-hydrogen) atoms. The Kier molecular flexibility index (Phi) is 7.60. The molecule has 0 heterocycles. The van der Waals surface area contributed by atoms with Gasteiger partial charge < -0.3 is 14.7 Å². The standard InChI is InChI=1S/C8H16NO3P/c1-2-8(11)9-4-7-13(12)6-3-5-10/h5,13H,2-4,6-7H2,1H3,(H,9,11). The first-order chi connectivity index (χ1) is 6.20. The highest BCUT2D eigenvalue weighted by Gasteiger charge is 2.00. The van der Waals surface area contributed by atoms with Crippen LogP contribution in [0.4, 0.5) is 0 Å². The maximum Gasteiger partial charge on any atom is 0.219 e. The molecule has 0 aromatic carbocycles. The van der Waals surface area contributed by atoms with Crippen molar-refractivity contribution in [1.29, 1.82) is 0 Å². The third kappa shape index (κ3) is 7.72. The molecule has 0 spiro atoms. The molecule has 0 aromatic heterocycles. The van der Waals surface area contributed by atoms with E-state index in [9.17, 15) is 14.2 Å². The second kappa shape index (κ2) is 7.99. The van der Waals surface area contributed by atoms with Crippen LogP contribution in [0.5, 0.6) is 0 Å². The summed E-state index contributed by atoms with van der Waals surface area (Å²) in [6, 6.07) is 0. The van der Waals surface area contributed by atoms with Gasteiger partial charge in [0.05, 0.1) is 7.80 Å². The predicted molar refractivity (Wildman–Crippen MR) is 52.7 cm³/mol. The lowest BCUT2D eigenvalue weighted by molar-refractivity contribution is -0.120. The average molecular weight is 205 g/mol. The van der Waals surface area contributed by atoms with E-state index >= 15 is 0 Å². The van der Waals surface area contributed by atoms with Gasteiger partial charge >= 0.3 is 0 Å². The Balaban J connectivity index is 3.36. The summed E-state index contributed by atoms with van der Waals surface area (Å²) >= 11 is 0. The van der Waals surface area contributed by atoms with E-state index in [-0.39, 0.29) is 5.91 Å². The van der Waals surface area contributed by atoms with Crippen LogP contribution in [0.15, 0.2) is 0 Å². The second-order valence-electron chi connectivity index (χ2n) is 2.70. The van der Waals surface area contributed by atoms with Crippen LogP contribution in [0.3, 0.4) is 0 Å². The quantitative estimate of drug-likeness (QED) is 0.490. The molecule has 1 atom stereocenters. The molecule has 0 aliphatic rings. The van der Waals surface area contributed by atoms with Crippen LogP contribution in [0.1, 0.15) is 19.8 Å². The molecule has 0 aromatic rings. The van der Waals surface area contributed by atoms with Gasteiger partial charge in [0, 0.05) is 31.7 Å². The maximum absolute atomic E-state index is 11.1. The highest BCUT2D eigenvalue weighted by Crippen LogP contribution is 2.19. The number of nitrogens with one attached hydrogen (secondary N) is 1. The summed E-state index contributed by atoms with van der Waals surface area (Å²) in [5, 5.41) is 2.64. The largest absolute Gasteiger partial charge is 0.356 e. The summed E-state index contributed by atoms with van der Waals surface area (Å²) in [6.07, 6.45) is 2.56. The predicted octanol–water partition coefficient (Wildman–Crippen LogP) is 0.661. The Morgan fingerprint density at radius 3 is 2.69 bits per heavy atom. The molecular weight excluding hydrogens is 189 g/mol. The van der Waals surface area contributed by atoms with Crippen molar-refractivity contribution in [2.45, 2.75) is 19.8 Å². The van der Waals surface area contributed by atoms with Crippen molar-refractivity contribution in [2.24, 2.45) is 0 Å². The lowest BCUT2D eigenvalue weighted by Gasteiger charge is -2.02. The van der Waals surface area contributed by atoms with Gasteiger partial charge in [0.15, 0.2) is 0 Å². The van der Waals surface area contributed by atoms with Gasteiger partial charge in [0.1, 0.15) is 6.29 Å². The molecule has 1 unspecified atom stereocenters. The number of carbonyl (C=O) groups excluding carboxylic acids is 2. The van der Waals surface area contributed by atoms with Crippen LogP contribution < -0.4 is 5.32 Å². The molecule has 0 saturated carbocycles. The third-order valence-electron chi connectivity index (χ3n) is 1.59. The van der Waals surface area contributed by atoms with E-state index in [0.29, 0.717) is 31.7 Å². The van der Waals surface area contributed by atoms with E-state index in [1.54, 1.807) is 6.92 Å². The molecule has 0 fully saturated rings. The fourth-order valence-corrected chi connectivity index (χ4v) is 1.90. The van der Waals surface area contributed by atoms with E-state index in [0.717, 1.165) is 6.29 Å². The Morgan fingerprint density at radius 2 is 2.15 bits per heavy atom. The minimum absolute atomic E-state index is 0.0230. The molecule has 0 bridgehead atoms. The number of hydrogen-bond donors (Lipinski definition) is 1. The molecule has 76 valence electrons. The van der Waals surface area contributed by atoms with Crippen molar-refractivity contribution in [1.82, 2.24) is 5.32 Å². The highest BCUT2D eigenvalue weighted by molar-refractivity contribution is 7.44. The molecule has 5 heteroatoms. The number of carbonyl (C=O) groups is 2. The molecular formula is C8H16NO3P.